The zero-order chi connectivity index (χ0) is 51.9. The van der Waals surface area contributed by atoms with E-state index in [1.54, 1.807) is 14.2 Å². The molecule has 2 spiro atoms. The van der Waals surface area contributed by atoms with Gasteiger partial charge in [-0.25, -0.2) is 0 Å². The van der Waals surface area contributed by atoms with Crippen molar-refractivity contribution >= 4 is 5.91 Å². The Hall–Kier alpha value is -5.83. The fraction of sp³-hybridized carbons (Fsp3) is 0.500. The van der Waals surface area contributed by atoms with E-state index in [1.807, 2.05) is 58.1 Å². The Balaban J connectivity index is 0.000000184. The average Bonchev–Trinajstić information content (AvgIpc) is 3.88. The number of hydrogen-bond donors (Lipinski definition) is 0. The molecule has 1 amide bonds. The summed E-state index contributed by atoms with van der Waals surface area (Å²) < 4.78 is 38.4. The normalized spacial score (nSPS) is 17.2. The van der Waals surface area contributed by atoms with Gasteiger partial charge in [0.05, 0.1) is 44.5 Å². The largest absolute Gasteiger partial charge is 0.497 e. The summed E-state index contributed by atoms with van der Waals surface area (Å²) >= 11 is 0. The van der Waals surface area contributed by atoms with E-state index in [1.165, 1.54) is 33.6 Å². The van der Waals surface area contributed by atoms with E-state index >= 15 is 0 Å². The number of carbonyl (C=O) groups is 1. The number of fused-ring (bicyclic) bond motifs is 2. The third-order valence-electron chi connectivity index (χ3n) is 15.9. The lowest BCUT2D eigenvalue weighted by Gasteiger charge is -2.39. The van der Waals surface area contributed by atoms with Gasteiger partial charge in [0, 0.05) is 91.0 Å². The molecular formula is C62H80N6O7. The van der Waals surface area contributed by atoms with Gasteiger partial charge in [0.2, 0.25) is 0 Å². The Morgan fingerprint density at radius 2 is 1.04 bits per heavy atom. The molecule has 0 aliphatic carbocycles. The first-order chi connectivity index (χ1) is 36.8. The number of aromatic nitrogens is 4. The lowest BCUT2D eigenvalue weighted by Crippen LogP contribution is -2.43. The number of amides is 1. The lowest BCUT2D eigenvalue weighted by molar-refractivity contribution is -0.00465. The SMILES string of the molecule is CCn1nc(CCCOCc2ccccc2)c2c1C(=O)N(Cc1ccc(OC)cc1)CC1(CCOCC1)C2.CCn1nc(CCCOCc2ccccc2)c2c1CN(Cc1ccc(OC)cc1)CC1(CCOCC1)C2. The minimum atomic E-state index is 0.00575. The number of aryl methyl sites for hydroxylation is 4. The molecule has 0 radical (unpaired) electrons. The van der Waals surface area contributed by atoms with Gasteiger partial charge in [-0.05, 0) is 141 Å². The van der Waals surface area contributed by atoms with E-state index in [0.717, 1.165) is 164 Å². The van der Waals surface area contributed by atoms with Crippen LogP contribution in [-0.4, -0.2) is 102 Å². The molecule has 2 fully saturated rings. The van der Waals surface area contributed by atoms with Crippen LogP contribution in [-0.2, 0) is 90.6 Å². The molecule has 6 aromatic rings. The maximum atomic E-state index is 14.1. The van der Waals surface area contributed by atoms with E-state index in [4.69, 9.17) is 38.6 Å². The highest BCUT2D eigenvalue weighted by Crippen LogP contribution is 2.42. The van der Waals surface area contributed by atoms with Crippen molar-refractivity contribution in [2.75, 3.05) is 67.0 Å². The molecule has 0 atom stereocenters. The van der Waals surface area contributed by atoms with Crippen LogP contribution in [0.1, 0.15) is 113 Å². The van der Waals surface area contributed by atoms with Gasteiger partial charge in [-0.1, -0.05) is 84.9 Å². The summed E-state index contributed by atoms with van der Waals surface area (Å²) in [6.45, 7) is 16.0. The second-order valence-corrected chi connectivity index (χ2v) is 21.1. The summed E-state index contributed by atoms with van der Waals surface area (Å²) in [6.07, 6.45) is 9.75. The Morgan fingerprint density at radius 3 is 1.56 bits per heavy atom. The number of ether oxygens (including phenoxy) is 6. The Kier molecular flexibility index (Phi) is 18.9. The van der Waals surface area contributed by atoms with Crippen LogP contribution in [0.25, 0.3) is 0 Å². The number of hydrogen-bond acceptors (Lipinski definition) is 10. The summed E-state index contributed by atoms with van der Waals surface area (Å²) in [4.78, 5) is 18.8. The zero-order valence-corrected chi connectivity index (χ0v) is 45.1. The molecule has 0 unspecified atom stereocenters. The van der Waals surface area contributed by atoms with Crippen LogP contribution in [0.4, 0.5) is 0 Å². The molecule has 0 bridgehead atoms. The molecule has 0 N–H and O–H groups in total. The van der Waals surface area contributed by atoms with E-state index < -0.39 is 0 Å². The first-order valence-electron chi connectivity index (χ1n) is 27.6. The van der Waals surface area contributed by atoms with Crippen LogP contribution in [0.15, 0.2) is 109 Å². The number of nitrogens with zero attached hydrogens (tertiary/aromatic N) is 6. The molecule has 400 valence electrons. The highest BCUT2D eigenvalue weighted by molar-refractivity contribution is 5.95. The minimum Gasteiger partial charge on any atom is -0.497 e. The van der Waals surface area contributed by atoms with Crippen molar-refractivity contribution in [3.8, 4) is 11.5 Å². The van der Waals surface area contributed by atoms with Crippen molar-refractivity contribution < 1.29 is 33.2 Å². The molecule has 2 saturated heterocycles. The van der Waals surface area contributed by atoms with E-state index in [9.17, 15) is 4.79 Å². The van der Waals surface area contributed by atoms with Gasteiger partial charge in [0.25, 0.3) is 5.91 Å². The minimum absolute atomic E-state index is 0.00575. The highest BCUT2D eigenvalue weighted by Gasteiger charge is 2.43. The maximum absolute atomic E-state index is 14.1. The summed E-state index contributed by atoms with van der Waals surface area (Å²) in [6, 6.07) is 37.2. The zero-order valence-electron chi connectivity index (χ0n) is 45.1. The van der Waals surface area contributed by atoms with Crippen molar-refractivity contribution in [2.45, 2.75) is 124 Å². The standard InChI is InChI=1S/C31H39N3O4.C31H41N3O3/c1-3-34-29-27(28(32-34)10-7-17-38-22-25-8-5-4-6-9-25)20-31(15-18-37-19-16-31)23-33(30(29)35)21-24-11-13-26(36-2)14-12-24;1-3-34-30-22-33(21-25-11-13-27(35-2)14-12-25)24-31(15-18-36-19-16-31)20-28(30)29(32-34)10-7-17-37-23-26-8-5-4-6-9-26/h4-6,8-9,11-14H,3,7,10,15-23H2,1-2H3;4-6,8-9,11-14H,3,7,10,15-24H2,1-2H3. The van der Waals surface area contributed by atoms with Gasteiger partial charge >= 0.3 is 0 Å². The van der Waals surface area contributed by atoms with Gasteiger partial charge in [-0.2, -0.15) is 10.2 Å². The molecule has 2 aromatic heterocycles. The van der Waals surface area contributed by atoms with Crippen molar-refractivity contribution in [1.82, 2.24) is 29.4 Å². The quantitative estimate of drug-likeness (QED) is 0.0685. The van der Waals surface area contributed by atoms with Crippen molar-refractivity contribution in [2.24, 2.45) is 10.8 Å². The van der Waals surface area contributed by atoms with Crippen LogP contribution in [0.5, 0.6) is 11.5 Å². The topological polar surface area (TPSA) is 115 Å². The van der Waals surface area contributed by atoms with Crippen LogP contribution in [0.2, 0.25) is 0 Å². The van der Waals surface area contributed by atoms with Gasteiger partial charge in [-0.15, -0.1) is 0 Å². The van der Waals surface area contributed by atoms with E-state index in [2.05, 4.69) is 84.1 Å². The predicted octanol–water partition coefficient (Wildman–Crippen LogP) is 10.5. The summed E-state index contributed by atoms with van der Waals surface area (Å²) in [5.41, 5.74) is 12.2. The number of carbonyl (C=O) groups excluding carboxylic acids is 1. The molecule has 4 aromatic carbocycles. The van der Waals surface area contributed by atoms with Crippen molar-refractivity contribution in [3.05, 3.63) is 165 Å². The fourth-order valence-electron chi connectivity index (χ4n) is 11.7. The van der Waals surface area contributed by atoms with Gasteiger partial charge in [0.1, 0.15) is 17.2 Å². The summed E-state index contributed by atoms with van der Waals surface area (Å²) in [7, 11) is 3.39. The summed E-state index contributed by atoms with van der Waals surface area (Å²) in [5.74, 6) is 1.81. The highest BCUT2D eigenvalue weighted by atomic mass is 16.5. The molecule has 0 saturated carbocycles. The molecule has 13 heteroatoms. The Morgan fingerprint density at radius 1 is 0.560 bits per heavy atom. The second-order valence-electron chi connectivity index (χ2n) is 21.1. The molecule has 4 aliphatic rings. The molecular weight excluding hydrogens is 941 g/mol. The molecule has 13 nitrogen and oxygen atoms in total. The maximum Gasteiger partial charge on any atom is 0.272 e. The predicted molar refractivity (Wildman–Crippen MR) is 292 cm³/mol. The van der Waals surface area contributed by atoms with Crippen molar-refractivity contribution in [3.63, 3.8) is 0 Å². The Labute approximate surface area is 445 Å². The fourth-order valence-corrected chi connectivity index (χ4v) is 11.7. The first-order valence-corrected chi connectivity index (χ1v) is 27.6. The molecule has 10 rings (SSSR count). The van der Waals surface area contributed by atoms with E-state index in [0.29, 0.717) is 32.9 Å². The second kappa shape index (κ2) is 26.3. The van der Waals surface area contributed by atoms with Crippen LogP contribution < -0.4 is 9.47 Å². The lowest BCUT2D eigenvalue weighted by atomic mass is 9.75. The van der Waals surface area contributed by atoms with Crippen LogP contribution in [0.3, 0.4) is 0 Å². The molecule has 75 heavy (non-hydrogen) atoms. The monoisotopic (exact) mass is 1020 g/mol. The first kappa shape index (κ1) is 54.0. The van der Waals surface area contributed by atoms with Crippen molar-refractivity contribution in [1.29, 1.82) is 0 Å². The third-order valence-corrected chi connectivity index (χ3v) is 15.9. The Bertz CT molecular complexity index is 2690. The van der Waals surface area contributed by atoms with Gasteiger partial charge in [-0.3, -0.25) is 19.1 Å². The summed E-state index contributed by atoms with van der Waals surface area (Å²) in [5, 5.41) is 10.1. The van der Waals surface area contributed by atoms with Gasteiger partial charge in [0.15, 0.2) is 0 Å². The number of rotatable bonds is 20. The number of benzene rings is 4. The third kappa shape index (κ3) is 14.0. The molecule has 4 aliphatic heterocycles. The van der Waals surface area contributed by atoms with Crippen LogP contribution >= 0.6 is 0 Å². The molecule has 6 heterocycles. The van der Waals surface area contributed by atoms with Crippen LogP contribution in [0, 0.1) is 10.8 Å². The van der Waals surface area contributed by atoms with Gasteiger partial charge < -0.3 is 33.3 Å². The average molecular weight is 1020 g/mol. The van der Waals surface area contributed by atoms with E-state index in [-0.39, 0.29) is 16.7 Å². The smallest absolute Gasteiger partial charge is 0.272 e. The number of methoxy groups -OCH3 is 2.